The standard InChI is InChI=1S/C14H12FN3/c1-9-3-2-4-13(14(9)17)18-12-6-5-11(15)7-10(12)8-16/h2-7,18H,17H2,1H3. The van der Waals surface area contributed by atoms with E-state index >= 15 is 0 Å². The second kappa shape index (κ2) is 4.76. The number of hydrogen-bond donors (Lipinski definition) is 2. The third kappa shape index (κ3) is 2.25. The summed E-state index contributed by atoms with van der Waals surface area (Å²) in [6.45, 7) is 1.90. The summed E-state index contributed by atoms with van der Waals surface area (Å²) in [6.07, 6.45) is 0. The molecule has 0 aliphatic heterocycles. The number of nitrogens with two attached hydrogens (primary N) is 1. The van der Waals surface area contributed by atoms with Gasteiger partial charge in [-0.15, -0.1) is 0 Å². The zero-order chi connectivity index (χ0) is 13.1. The van der Waals surface area contributed by atoms with Gasteiger partial charge in [0.15, 0.2) is 0 Å². The van der Waals surface area contributed by atoms with Crippen LogP contribution >= 0.6 is 0 Å². The van der Waals surface area contributed by atoms with Gasteiger partial charge >= 0.3 is 0 Å². The molecular formula is C14H12FN3. The predicted molar refractivity (Wildman–Crippen MR) is 70.0 cm³/mol. The molecule has 0 spiro atoms. The van der Waals surface area contributed by atoms with E-state index in [-0.39, 0.29) is 5.56 Å². The Morgan fingerprint density at radius 3 is 2.72 bits per heavy atom. The Labute approximate surface area is 105 Å². The van der Waals surface area contributed by atoms with Gasteiger partial charge in [-0.1, -0.05) is 12.1 Å². The lowest BCUT2D eigenvalue weighted by Gasteiger charge is -2.12. The summed E-state index contributed by atoms with van der Waals surface area (Å²) in [4.78, 5) is 0. The first-order chi connectivity index (χ1) is 8.61. The minimum Gasteiger partial charge on any atom is -0.397 e. The highest BCUT2D eigenvalue weighted by molar-refractivity contribution is 5.77. The highest BCUT2D eigenvalue weighted by Crippen LogP contribution is 2.27. The van der Waals surface area contributed by atoms with Crippen LogP contribution in [0.2, 0.25) is 0 Å². The summed E-state index contributed by atoms with van der Waals surface area (Å²) >= 11 is 0. The van der Waals surface area contributed by atoms with Crippen LogP contribution in [0.15, 0.2) is 36.4 Å². The van der Waals surface area contributed by atoms with Crippen LogP contribution in [0.4, 0.5) is 21.5 Å². The summed E-state index contributed by atoms with van der Waals surface area (Å²) in [5.41, 5.74) is 8.98. The van der Waals surface area contributed by atoms with E-state index in [1.54, 1.807) is 0 Å². The molecule has 0 radical (unpaired) electrons. The third-order valence-corrected chi connectivity index (χ3v) is 2.70. The molecule has 0 aromatic heterocycles. The number of nitrogens with zero attached hydrogens (tertiary/aromatic N) is 1. The van der Waals surface area contributed by atoms with Crippen molar-refractivity contribution in [1.82, 2.24) is 0 Å². The minimum atomic E-state index is -0.436. The molecule has 0 fully saturated rings. The predicted octanol–water partition coefficient (Wildman–Crippen LogP) is 3.33. The summed E-state index contributed by atoms with van der Waals surface area (Å²) in [5, 5.41) is 12.0. The number of nitrogen functional groups attached to an aromatic ring is 1. The molecule has 90 valence electrons. The quantitative estimate of drug-likeness (QED) is 0.793. The van der Waals surface area contributed by atoms with Gasteiger partial charge in [0.25, 0.3) is 0 Å². The Kier molecular flexibility index (Phi) is 3.16. The fourth-order valence-electron chi connectivity index (χ4n) is 1.65. The lowest BCUT2D eigenvalue weighted by Crippen LogP contribution is -2.00. The molecule has 4 heteroatoms. The van der Waals surface area contributed by atoms with E-state index in [1.807, 2.05) is 31.2 Å². The van der Waals surface area contributed by atoms with Crippen LogP contribution in [0, 0.1) is 24.1 Å². The lowest BCUT2D eigenvalue weighted by atomic mass is 10.1. The number of nitrogens with one attached hydrogen (secondary N) is 1. The maximum atomic E-state index is 13.0. The summed E-state index contributed by atoms with van der Waals surface area (Å²) in [5.74, 6) is -0.436. The second-order valence-corrected chi connectivity index (χ2v) is 3.96. The average Bonchev–Trinajstić information content (AvgIpc) is 2.37. The Morgan fingerprint density at radius 1 is 1.22 bits per heavy atom. The van der Waals surface area contributed by atoms with Crippen LogP contribution in [0.1, 0.15) is 11.1 Å². The van der Waals surface area contributed by atoms with Gasteiger partial charge in [0, 0.05) is 0 Å². The topological polar surface area (TPSA) is 61.8 Å². The van der Waals surface area contributed by atoms with E-state index in [9.17, 15) is 4.39 Å². The molecule has 0 atom stereocenters. The van der Waals surface area contributed by atoms with Crippen molar-refractivity contribution in [2.75, 3.05) is 11.1 Å². The molecule has 2 rings (SSSR count). The molecule has 0 aliphatic carbocycles. The van der Waals surface area contributed by atoms with Crippen molar-refractivity contribution in [3.63, 3.8) is 0 Å². The van der Waals surface area contributed by atoms with Crippen molar-refractivity contribution in [1.29, 1.82) is 5.26 Å². The number of hydrogen-bond acceptors (Lipinski definition) is 3. The highest BCUT2D eigenvalue weighted by atomic mass is 19.1. The molecule has 0 heterocycles. The van der Waals surface area contributed by atoms with Crippen molar-refractivity contribution in [2.45, 2.75) is 6.92 Å². The number of nitriles is 1. The van der Waals surface area contributed by atoms with Gasteiger partial charge in [0.2, 0.25) is 0 Å². The molecule has 0 saturated heterocycles. The number of para-hydroxylation sites is 1. The smallest absolute Gasteiger partial charge is 0.124 e. The average molecular weight is 241 g/mol. The van der Waals surface area contributed by atoms with Crippen molar-refractivity contribution in [3.8, 4) is 6.07 Å². The van der Waals surface area contributed by atoms with Gasteiger partial charge in [0.05, 0.1) is 22.6 Å². The normalized spacial score (nSPS) is 9.83. The van der Waals surface area contributed by atoms with E-state index in [0.717, 1.165) is 5.56 Å². The summed E-state index contributed by atoms with van der Waals surface area (Å²) < 4.78 is 13.0. The molecule has 18 heavy (non-hydrogen) atoms. The Bertz CT molecular complexity index is 629. The Hall–Kier alpha value is -2.54. The second-order valence-electron chi connectivity index (χ2n) is 3.96. The zero-order valence-electron chi connectivity index (χ0n) is 9.87. The summed E-state index contributed by atoms with van der Waals surface area (Å²) in [6, 6.07) is 11.5. The van der Waals surface area contributed by atoms with Gasteiger partial charge in [-0.2, -0.15) is 5.26 Å². The van der Waals surface area contributed by atoms with Crippen molar-refractivity contribution >= 4 is 17.1 Å². The Morgan fingerprint density at radius 2 is 2.00 bits per heavy atom. The highest BCUT2D eigenvalue weighted by Gasteiger charge is 2.06. The fraction of sp³-hybridized carbons (Fsp3) is 0.0714. The maximum absolute atomic E-state index is 13.0. The molecule has 2 aromatic carbocycles. The zero-order valence-corrected chi connectivity index (χ0v) is 9.87. The lowest BCUT2D eigenvalue weighted by molar-refractivity contribution is 0.627. The van der Waals surface area contributed by atoms with Crippen LogP contribution in [-0.2, 0) is 0 Å². The van der Waals surface area contributed by atoms with E-state index in [1.165, 1.54) is 18.2 Å². The van der Waals surface area contributed by atoms with E-state index in [4.69, 9.17) is 11.0 Å². The number of halogens is 1. The van der Waals surface area contributed by atoms with Gasteiger partial charge in [-0.3, -0.25) is 0 Å². The van der Waals surface area contributed by atoms with Gasteiger partial charge in [-0.05, 0) is 36.8 Å². The molecule has 0 unspecified atom stereocenters. The van der Waals surface area contributed by atoms with E-state index < -0.39 is 5.82 Å². The number of rotatable bonds is 2. The maximum Gasteiger partial charge on any atom is 0.124 e. The van der Waals surface area contributed by atoms with Crippen LogP contribution in [0.3, 0.4) is 0 Å². The van der Waals surface area contributed by atoms with Gasteiger partial charge < -0.3 is 11.1 Å². The molecule has 3 N–H and O–H groups in total. The van der Waals surface area contributed by atoms with E-state index in [0.29, 0.717) is 17.1 Å². The summed E-state index contributed by atoms with van der Waals surface area (Å²) in [7, 11) is 0. The van der Waals surface area contributed by atoms with Crippen molar-refractivity contribution in [3.05, 3.63) is 53.3 Å². The molecule has 3 nitrogen and oxygen atoms in total. The van der Waals surface area contributed by atoms with Crippen LogP contribution in [0.5, 0.6) is 0 Å². The fourth-order valence-corrected chi connectivity index (χ4v) is 1.65. The molecule has 2 aromatic rings. The van der Waals surface area contributed by atoms with Crippen molar-refractivity contribution in [2.24, 2.45) is 0 Å². The van der Waals surface area contributed by atoms with Crippen molar-refractivity contribution < 1.29 is 4.39 Å². The SMILES string of the molecule is Cc1cccc(Nc2ccc(F)cc2C#N)c1N. The molecule has 0 aliphatic rings. The first-order valence-corrected chi connectivity index (χ1v) is 5.43. The number of aryl methyl sites for hydroxylation is 1. The molecule has 0 bridgehead atoms. The first kappa shape index (κ1) is 11.9. The monoisotopic (exact) mass is 241 g/mol. The number of anilines is 3. The minimum absolute atomic E-state index is 0.246. The van der Waals surface area contributed by atoms with Crippen LogP contribution in [0.25, 0.3) is 0 Å². The van der Waals surface area contributed by atoms with Crippen LogP contribution in [-0.4, -0.2) is 0 Å². The first-order valence-electron chi connectivity index (χ1n) is 5.43. The van der Waals surface area contributed by atoms with Gasteiger partial charge in [0.1, 0.15) is 11.9 Å². The van der Waals surface area contributed by atoms with E-state index in [2.05, 4.69) is 5.32 Å². The van der Waals surface area contributed by atoms with Crippen LogP contribution < -0.4 is 11.1 Å². The number of benzene rings is 2. The molecule has 0 amide bonds. The Balaban J connectivity index is 2.41. The molecular weight excluding hydrogens is 229 g/mol. The third-order valence-electron chi connectivity index (χ3n) is 2.70. The molecule has 0 saturated carbocycles. The largest absolute Gasteiger partial charge is 0.397 e. The van der Waals surface area contributed by atoms with Gasteiger partial charge in [-0.25, -0.2) is 4.39 Å².